The summed E-state index contributed by atoms with van der Waals surface area (Å²) in [6, 6.07) is 16.9. The van der Waals surface area contributed by atoms with Crippen LogP contribution in [0.25, 0.3) is 28.2 Å². The Kier molecular flexibility index (Phi) is 4.32. The number of rotatable bonds is 4. The summed E-state index contributed by atoms with van der Waals surface area (Å²) in [6.45, 7) is 3.69. The molecule has 0 bridgehead atoms. The number of nitrogens with zero attached hydrogens (tertiary/aromatic N) is 3. The Morgan fingerprint density at radius 3 is 2.60 bits per heavy atom. The van der Waals surface area contributed by atoms with E-state index in [4.69, 9.17) is 4.42 Å². The van der Waals surface area contributed by atoms with E-state index in [0.717, 1.165) is 33.9 Å². The van der Waals surface area contributed by atoms with Crippen molar-refractivity contribution in [3.05, 3.63) is 90.5 Å². The van der Waals surface area contributed by atoms with E-state index in [0.29, 0.717) is 17.1 Å². The molecule has 0 saturated heterocycles. The minimum Gasteiger partial charge on any atom is -0.441 e. The van der Waals surface area contributed by atoms with E-state index in [9.17, 15) is 4.39 Å². The smallest absolute Gasteiger partial charge is 0.191 e. The minimum atomic E-state index is -0.272. The molecule has 0 fully saturated rings. The van der Waals surface area contributed by atoms with Crippen molar-refractivity contribution in [3.63, 3.8) is 0 Å². The molecule has 0 aliphatic rings. The molecule has 5 nitrogen and oxygen atoms in total. The number of oxazole rings is 1. The van der Waals surface area contributed by atoms with Crippen LogP contribution in [0, 0.1) is 19.7 Å². The molecule has 0 aliphatic carbocycles. The van der Waals surface area contributed by atoms with Crippen LogP contribution in [-0.4, -0.2) is 14.4 Å². The third kappa shape index (κ3) is 3.33. The van der Waals surface area contributed by atoms with Crippen LogP contribution in [0.4, 0.5) is 15.8 Å². The van der Waals surface area contributed by atoms with Crippen LogP contribution in [-0.2, 0) is 0 Å². The lowest BCUT2D eigenvalue weighted by molar-refractivity contribution is 0.534. The van der Waals surface area contributed by atoms with Gasteiger partial charge < -0.3 is 14.1 Å². The van der Waals surface area contributed by atoms with E-state index in [1.54, 1.807) is 12.3 Å². The molecule has 3 aromatic heterocycles. The summed E-state index contributed by atoms with van der Waals surface area (Å²) in [6.07, 6.45) is 5.46. The number of hydrogen-bond donors (Lipinski definition) is 1. The van der Waals surface area contributed by atoms with Crippen LogP contribution in [0.15, 0.2) is 77.6 Å². The van der Waals surface area contributed by atoms with Crippen LogP contribution < -0.4 is 5.32 Å². The summed E-state index contributed by atoms with van der Waals surface area (Å²) < 4.78 is 21.9. The maximum Gasteiger partial charge on any atom is 0.191 e. The lowest BCUT2D eigenvalue weighted by Gasteiger charge is -2.08. The van der Waals surface area contributed by atoms with Crippen molar-refractivity contribution < 1.29 is 8.81 Å². The average molecular weight is 398 g/mol. The summed E-state index contributed by atoms with van der Waals surface area (Å²) in [5.41, 5.74) is 5.39. The van der Waals surface area contributed by atoms with Gasteiger partial charge in [0.2, 0.25) is 0 Å². The van der Waals surface area contributed by atoms with Gasteiger partial charge in [0.15, 0.2) is 17.3 Å². The Morgan fingerprint density at radius 2 is 1.87 bits per heavy atom. The first-order valence-corrected chi connectivity index (χ1v) is 9.61. The second kappa shape index (κ2) is 7.15. The SMILES string of the molecule is Cc1ccc(-c2cn3cccc(Nc4ccc(-c5cnc(C)o5)cc4)c3n2)c(F)c1. The summed E-state index contributed by atoms with van der Waals surface area (Å²) in [5.74, 6) is 1.10. The van der Waals surface area contributed by atoms with Crippen molar-refractivity contribution in [3.8, 4) is 22.6 Å². The van der Waals surface area contributed by atoms with Crippen LogP contribution in [0.3, 0.4) is 0 Å². The Morgan fingerprint density at radius 1 is 1.03 bits per heavy atom. The van der Waals surface area contributed by atoms with Gasteiger partial charge in [-0.3, -0.25) is 0 Å². The van der Waals surface area contributed by atoms with Crippen molar-refractivity contribution in [2.45, 2.75) is 13.8 Å². The number of fused-ring (bicyclic) bond motifs is 1. The topological polar surface area (TPSA) is 55.4 Å². The highest BCUT2D eigenvalue weighted by molar-refractivity contribution is 5.77. The van der Waals surface area contributed by atoms with Crippen LogP contribution in [0.2, 0.25) is 0 Å². The number of pyridine rings is 1. The molecule has 0 atom stereocenters. The largest absolute Gasteiger partial charge is 0.441 e. The average Bonchev–Trinajstić information content (AvgIpc) is 3.35. The predicted molar refractivity (Wildman–Crippen MR) is 115 cm³/mol. The van der Waals surface area contributed by atoms with Gasteiger partial charge in [0.1, 0.15) is 5.82 Å². The Balaban J connectivity index is 1.47. The van der Waals surface area contributed by atoms with Gasteiger partial charge in [0.25, 0.3) is 0 Å². The quantitative estimate of drug-likeness (QED) is 0.394. The fourth-order valence-corrected chi connectivity index (χ4v) is 3.44. The third-order valence-corrected chi connectivity index (χ3v) is 4.95. The first-order chi connectivity index (χ1) is 14.6. The molecule has 0 radical (unpaired) electrons. The lowest BCUT2D eigenvalue weighted by Crippen LogP contribution is -1.94. The van der Waals surface area contributed by atoms with Gasteiger partial charge in [0, 0.05) is 36.1 Å². The molecule has 0 unspecified atom stereocenters. The van der Waals surface area contributed by atoms with Crippen LogP contribution in [0.1, 0.15) is 11.5 Å². The summed E-state index contributed by atoms with van der Waals surface area (Å²) in [4.78, 5) is 8.81. The molecular formula is C24H19FN4O. The van der Waals surface area contributed by atoms with Gasteiger partial charge in [-0.2, -0.15) is 0 Å². The van der Waals surface area contributed by atoms with Gasteiger partial charge in [-0.15, -0.1) is 0 Å². The molecule has 6 heteroatoms. The maximum absolute atomic E-state index is 14.4. The molecular weight excluding hydrogens is 379 g/mol. The van der Waals surface area contributed by atoms with Crippen molar-refractivity contribution in [1.82, 2.24) is 14.4 Å². The predicted octanol–water partition coefficient (Wildman–Crippen LogP) is 6.16. The Hall–Kier alpha value is -3.93. The first-order valence-electron chi connectivity index (χ1n) is 9.61. The maximum atomic E-state index is 14.4. The van der Waals surface area contributed by atoms with E-state index in [2.05, 4.69) is 15.3 Å². The van der Waals surface area contributed by atoms with Gasteiger partial charge in [-0.05, 0) is 61.0 Å². The number of aromatic nitrogens is 3. The number of benzene rings is 2. The van der Waals surface area contributed by atoms with E-state index in [1.165, 1.54) is 6.07 Å². The number of hydrogen-bond acceptors (Lipinski definition) is 4. The zero-order valence-corrected chi connectivity index (χ0v) is 16.6. The molecule has 30 heavy (non-hydrogen) atoms. The highest BCUT2D eigenvalue weighted by Crippen LogP contribution is 2.28. The van der Waals surface area contributed by atoms with E-state index in [1.807, 2.05) is 73.1 Å². The highest BCUT2D eigenvalue weighted by Gasteiger charge is 2.12. The molecule has 0 amide bonds. The third-order valence-electron chi connectivity index (χ3n) is 4.95. The molecule has 3 heterocycles. The van der Waals surface area contributed by atoms with Crippen molar-refractivity contribution >= 4 is 17.0 Å². The van der Waals surface area contributed by atoms with E-state index in [-0.39, 0.29) is 5.82 Å². The number of anilines is 2. The second-order valence-corrected chi connectivity index (χ2v) is 7.21. The molecule has 148 valence electrons. The molecule has 1 N–H and O–H groups in total. The summed E-state index contributed by atoms with van der Waals surface area (Å²) in [7, 11) is 0. The Bertz CT molecular complexity index is 1350. The zero-order valence-electron chi connectivity index (χ0n) is 16.6. The summed E-state index contributed by atoms with van der Waals surface area (Å²) >= 11 is 0. The van der Waals surface area contributed by atoms with Gasteiger partial charge in [-0.25, -0.2) is 14.4 Å². The molecule has 2 aromatic carbocycles. The van der Waals surface area contributed by atoms with Crippen molar-refractivity contribution in [2.75, 3.05) is 5.32 Å². The van der Waals surface area contributed by atoms with Crippen molar-refractivity contribution in [1.29, 1.82) is 0 Å². The summed E-state index contributed by atoms with van der Waals surface area (Å²) in [5, 5.41) is 3.40. The molecule has 0 spiro atoms. The van der Waals surface area contributed by atoms with Crippen LogP contribution in [0.5, 0.6) is 0 Å². The fraction of sp³-hybridized carbons (Fsp3) is 0.0833. The molecule has 5 rings (SSSR count). The number of nitrogens with one attached hydrogen (secondary N) is 1. The number of halogens is 1. The standard InChI is InChI=1S/C24H19FN4O/c1-15-5-10-19(20(25)12-15)22-14-29-11-3-4-21(24(29)28-22)27-18-8-6-17(7-9-18)23-13-26-16(2)30-23/h3-14,27H,1-2H3. The second-order valence-electron chi connectivity index (χ2n) is 7.21. The molecule has 0 saturated carbocycles. The molecule has 0 aliphatic heterocycles. The van der Waals surface area contributed by atoms with Gasteiger partial charge in [0.05, 0.1) is 17.6 Å². The van der Waals surface area contributed by atoms with Gasteiger partial charge in [-0.1, -0.05) is 6.07 Å². The first kappa shape index (κ1) is 18.1. The lowest BCUT2D eigenvalue weighted by atomic mass is 10.1. The molecule has 5 aromatic rings. The van der Waals surface area contributed by atoms with E-state index >= 15 is 0 Å². The minimum absolute atomic E-state index is 0.272. The monoisotopic (exact) mass is 398 g/mol. The van der Waals surface area contributed by atoms with E-state index < -0.39 is 0 Å². The van der Waals surface area contributed by atoms with Crippen molar-refractivity contribution in [2.24, 2.45) is 0 Å². The fourth-order valence-electron chi connectivity index (χ4n) is 3.44. The van der Waals surface area contributed by atoms with Crippen LogP contribution >= 0.6 is 0 Å². The number of aryl methyl sites for hydroxylation is 2. The highest BCUT2D eigenvalue weighted by atomic mass is 19.1. The normalized spacial score (nSPS) is 11.2. The van der Waals surface area contributed by atoms with Gasteiger partial charge >= 0.3 is 0 Å². The zero-order chi connectivity index (χ0) is 20.7. The number of imidazole rings is 1. The Labute approximate surface area is 172 Å².